The van der Waals surface area contributed by atoms with Gasteiger partial charge in [0.2, 0.25) is 0 Å². The molecule has 1 aromatic carbocycles. The van der Waals surface area contributed by atoms with Crippen molar-refractivity contribution < 1.29 is 15.0 Å². The molecule has 0 bridgehead atoms. The molecule has 0 saturated carbocycles. The van der Waals surface area contributed by atoms with E-state index in [1.54, 1.807) is 36.7 Å². The molecule has 0 radical (unpaired) electrons. The number of carboxylic acids is 1. The highest BCUT2D eigenvalue weighted by atomic mass is 16.4. The Balaban J connectivity index is 2.36. The average molecular weight is 246 g/mol. The number of rotatable bonds is 3. The van der Waals surface area contributed by atoms with Gasteiger partial charge in [0.1, 0.15) is 11.3 Å². The highest BCUT2D eigenvalue weighted by Crippen LogP contribution is 2.16. The maximum Gasteiger partial charge on any atom is 0.339 e. The van der Waals surface area contributed by atoms with Crippen LogP contribution in [0.1, 0.15) is 27.3 Å². The summed E-state index contributed by atoms with van der Waals surface area (Å²) in [4.78, 5) is 11.1. The maximum absolute atomic E-state index is 11.1. The standard InChI is InChI=1S/C13H14N2O3/c1-8-12(13(17)18)9(2)15(14-8)7-10-4-3-5-11(16)6-10/h3-6,16H,7H2,1-2H3,(H,17,18). The summed E-state index contributed by atoms with van der Waals surface area (Å²) in [5.74, 6) is -0.778. The van der Waals surface area contributed by atoms with Gasteiger partial charge in [0.15, 0.2) is 0 Å². The van der Waals surface area contributed by atoms with E-state index in [1.165, 1.54) is 0 Å². The van der Waals surface area contributed by atoms with E-state index in [0.717, 1.165) is 5.56 Å². The topological polar surface area (TPSA) is 75.3 Å². The zero-order valence-electron chi connectivity index (χ0n) is 10.2. The van der Waals surface area contributed by atoms with Crippen LogP contribution in [0, 0.1) is 13.8 Å². The van der Waals surface area contributed by atoms with Crippen LogP contribution in [0.25, 0.3) is 0 Å². The minimum atomic E-state index is -0.966. The summed E-state index contributed by atoms with van der Waals surface area (Å²) in [6, 6.07) is 6.83. The van der Waals surface area contributed by atoms with Gasteiger partial charge in [-0.3, -0.25) is 4.68 Å². The molecule has 0 aliphatic rings. The van der Waals surface area contributed by atoms with Crippen LogP contribution in [0.4, 0.5) is 0 Å². The number of hydrogen-bond acceptors (Lipinski definition) is 3. The van der Waals surface area contributed by atoms with E-state index in [4.69, 9.17) is 5.11 Å². The lowest BCUT2D eigenvalue weighted by Gasteiger charge is -2.05. The van der Waals surface area contributed by atoms with E-state index in [2.05, 4.69) is 5.10 Å². The second-order valence-corrected chi connectivity index (χ2v) is 4.18. The fourth-order valence-corrected chi connectivity index (χ4v) is 1.99. The van der Waals surface area contributed by atoms with E-state index >= 15 is 0 Å². The van der Waals surface area contributed by atoms with Crippen LogP contribution in [0.2, 0.25) is 0 Å². The van der Waals surface area contributed by atoms with Gasteiger partial charge in [-0.15, -0.1) is 0 Å². The summed E-state index contributed by atoms with van der Waals surface area (Å²) in [5, 5.41) is 22.7. The number of aromatic nitrogens is 2. The SMILES string of the molecule is Cc1nn(Cc2cccc(O)c2)c(C)c1C(=O)O. The van der Waals surface area contributed by atoms with Gasteiger partial charge in [0, 0.05) is 0 Å². The van der Waals surface area contributed by atoms with Gasteiger partial charge >= 0.3 is 5.97 Å². The molecule has 5 nitrogen and oxygen atoms in total. The molecule has 0 amide bonds. The molecule has 5 heteroatoms. The molecule has 94 valence electrons. The molecular weight excluding hydrogens is 232 g/mol. The van der Waals surface area contributed by atoms with Crippen molar-refractivity contribution in [3.8, 4) is 5.75 Å². The second-order valence-electron chi connectivity index (χ2n) is 4.18. The van der Waals surface area contributed by atoms with Crippen molar-refractivity contribution in [2.24, 2.45) is 0 Å². The molecule has 0 spiro atoms. The molecule has 18 heavy (non-hydrogen) atoms. The van der Waals surface area contributed by atoms with E-state index in [9.17, 15) is 9.90 Å². The highest BCUT2D eigenvalue weighted by Gasteiger charge is 2.17. The Labute approximate surface area is 104 Å². The van der Waals surface area contributed by atoms with Gasteiger partial charge in [-0.25, -0.2) is 4.79 Å². The van der Waals surface area contributed by atoms with Gasteiger partial charge in [-0.2, -0.15) is 5.10 Å². The third-order valence-electron chi connectivity index (χ3n) is 2.84. The molecule has 0 aliphatic heterocycles. The monoisotopic (exact) mass is 246 g/mol. The van der Waals surface area contributed by atoms with Crippen molar-refractivity contribution >= 4 is 5.97 Å². The number of phenols is 1. The number of aromatic carboxylic acids is 1. The first kappa shape index (κ1) is 12.2. The zero-order valence-corrected chi connectivity index (χ0v) is 10.2. The Morgan fingerprint density at radius 2 is 2.11 bits per heavy atom. The second kappa shape index (κ2) is 4.52. The Hall–Kier alpha value is -2.30. The Morgan fingerprint density at radius 3 is 2.67 bits per heavy atom. The molecule has 0 fully saturated rings. The van der Waals surface area contributed by atoms with Crippen molar-refractivity contribution in [1.29, 1.82) is 0 Å². The summed E-state index contributed by atoms with van der Waals surface area (Å²) < 4.78 is 1.63. The molecular formula is C13H14N2O3. The number of benzene rings is 1. The smallest absolute Gasteiger partial charge is 0.339 e. The number of aromatic hydroxyl groups is 1. The van der Waals surface area contributed by atoms with Crippen LogP contribution >= 0.6 is 0 Å². The summed E-state index contributed by atoms with van der Waals surface area (Å²) in [6.45, 7) is 3.84. The number of hydrogen-bond donors (Lipinski definition) is 2. The van der Waals surface area contributed by atoms with E-state index in [1.807, 2.05) is 6.07 Å². The quantitative estimate of drug-likeness (QED) is 0.868. The molecule has 0 unspecified atom stereocenters. The zero-order chi connectivity index (χ0) is 13.3. The van der Waals surface area contributed by atoms with Gasteiger partial charge in [0.05, 0.1) is 17.9 Å². The minimum absolute atomic E-state index is 0.187. The van der Waals surface area contributed by atoms with E-state index in [-0.39, 0.29) is 11.3 Å². The van der Waals surface area contributed by atoms with Gasteiger partial charge < -0.3 is 10.2 Å². The predicted molar refractivity (Wildman–Crippen MR) is 65.9 cm³/mol. The van der Waals surface area contributed by atoms with Gasteiger partial charge in [-0.1, -0.05) is 12.1 Å². The van der Waals surface area contributed by atoms with Gasteiger partial charge in [0.25, 0.3) is 0 Å². The molecule has 2 rings (SSSR count). The average Bonchev–Trinajstić information content (AvgIpc) is 2.54. The number of carbonyl (C=O) groups is 1. The van der Waals surface area contributed by atoms with Crippen molar-refractivity contribution in [3.63, 3.8) is 0 Å². The maximum atomic E-state index is 11.1. The Bertz CT molecular complexity index is 602. The van der Waals surface area contributed by atoms with Gasteiger partial charge in [-0.05, 0) is 31.5 Å². The third kappa shape index (κ3) is 2.20. The summed E-state index contributed by atoms with van der Waals surface area (Å²) in [6.07, 6.45) is 0. The molecule has 2 N–H and O–H groups in total. The number of phenolic OH excluding ortho intramolecular Hbond substituents is 1. The molecule has 0 saturated heterocycles. The molecule has 1 heterocycles. The first-order valence-corrected chi connectivity index (χ1v) is 5.54. The molecule has 2 aromatic rings. The van der Waals surface area contributed by atoms with Crippen LogP contribution in [-0.4, -0.2) is 26.0 Å². The largest absolute Gasteiger partial charge is 0.508 e. The summed E-state index contributed by atoms with van der Waals surface area (Å²) in [5.41, 5.74) is 2.23. The van der Waals surface area contributed by atoms with Crippen LogP contribution < -0.4 is 0 Å². The first-order chi connectivity index (χ1) is 8.49. The fraction of sp³-hybridized carbons (Fsp3) is 0.231. The van der Waals surface area contributed by atoms with E-state index in [0.29, 0.717) is 17.9 Å². The molecule has 0 atom stereocenters. The van der Waals surface area contributed by atoms with Crippen molar-refractivity contribution in [1.82, 2.24) is 9.78 Å². The van der Waals surface area contributed by atoms with Crippen LogP contribution in [0.5, 0.6) is 5.75 Å². The lowest BCUT2D eigenvalue weighted by Crippen LogP contribution is -2.05. The van der Waals surface area contributed by atoms with Crippen molar-refractivity contribution in [3.05, 3.63) is 46.8 Å². The number of nitrogens with zero attached hydrogens (tertiary/aromatic N) is 2. The summed E-state index contributed by atoms with van der Waals surface area (Å²) >= 11 is 0. The molecule has 0 aliphatic carbocycles. The highest BCUT2D eigenvalue weighted by molar-refractivity contribution is 5.90. The van der Waals surface area contributed by atoms with Crippen LogP contribution in [0.15, 0.2) is 24.3 Å². The number of aryl methyl sites for hydroxylation is 1. The first-order valence-electron chi connectivity index (χ1n) is 5.54. The fourth-order valence-electron chi connectivity index (χ4n) is 1.99. The molecule has 1 aromatic heterocycles. The Morgan fingerprint density at radius 1 is 1.39 bits per heavy atom. The Kier molecular flexibility index (Phi) is 3.06. The predicted octanol–water partition coefficient (Wildman–Crippen LogP) is 1.95. The lowest BCUT2D eigenvalue weighted by atomic mass is 10.2. The normalized spacial score (nSPS) is 10.6. The summed E-state index contributed by atoms with van der Waals surface area (Å²) in [7, 11) is 0. The lowest BCUT2D eigenvalue weighted by molar-refractivity contribution is 0.0695. The third-order valence-corrected chi connectivity index (χ3v) is 2.84. The van der Waals surface area contributed by atoms with Crippen molar-refractivity contribution in [2.45, 2.75) is 20.4 Å². The minimum Gasteiger partial charge on any atom is -0.508 e. The van der Waals surface area contributed by atoms with Crippen LogP contribution in [-0.2, 0) is 6.54 Å². The van der Waals surface area contributed by atoms with Crippen LogP contribution in [0.3, 0.4) is 0 Å². The number of carboxylic acid groups (broad SMARTS) is 1. The van der Waals surface area contributed by atoms with Crippen molar-refractivity contribution in [2.75, 3.05) is 0 Å². The van der Waals surface area contributed by atoms with E-state index < -0.39 is 5.97 Å².